The van der Waals surface area contributed by atoms with E-state index in [4.69, 9.17) is 0 Å². The summed E-state index contributed by atoms with van der Waals surface area (Å²) in [6.07, 6.45) is 10.5. The van der Waals surface area contributed by atoms with Crippen LogP contribution >= 0.6 is 0 Å². The van der Waals surface area contributed by atoms with Gasteiger partial charge in [-0.2, -0.15) is 0 Å². The van der Waals surface area contributed by atoms with E-state index in [1.807, 2.05) is 0 Å². The molecule has 3 unspecified atom stereocenters. The molecule has 0 spiro atoms. The summed E-state index contributed by atoms with van der Waals surface area (Å²) in [7, 11) is 0. The summed E-state index contributed by atoms with van der Waals surface area (Å²) in [5.41, 5.74) is 0.876. The Morgan fingerprint density at radius 2 is 1.19 bits per heavy atom. The van der Waals surface area contributed by atoms with Crippen molar-refractivity contribution >= 4 is 0 Å². The van der Waals surface area contributed by atoms with Crippen LogP contribution in [0.4, 0.5) is 0 Å². The second-order valence-electron chi connectivity index (χ2n) is 12.7. The molecule has 0 N–H and O–H groups in total. The SMILES string of the molecule is CC(C)(C)C1CCN(C2C[C@H]3CC(C4CCN(C(C)(C)C)C4)C[C@H]3C2)CC1. The molecule has 5 atom stereocenters. The van der Waals surface area contributed by atoms with E-state index in [0.717, 1.165) is 35.6 Å². The maximum Gasteiger partial charge on any atom is 0.0125 e. The summed E-state index contributed by atoms with van der Waals surface area (Å²) in [5, 5.41) is 0. The minimum atomic E-state index is 0.369. The van der Waals surface area contributed by atoms with Crippen LogP contribution in [0.2, 0.25) is 0 Å². The number of piperidine rings is 1. The molecule has 0 radical (unpaired) electrons. The van der Waals surface area contributed by atoms with E-state index >= 15 is 0 Å². The minimum absolute atomic E-state index is 0.369. The number of hydrogen-bond donors (Lipinski definition) is 0. The van der Waals surface area contributed by atoms with Gasteiger partial charge in [0.1, 0.15) is 0 Å². The normalized spacial score (nSPS) is 40.0. The molecule has 27 heavy (non-hydrogen) atoms. The van der Waals surface area contributed by atoms with E-state index in [-0.39, 0.29) is 0 Å². The molecular formula is C25H46N2. The molecule has 0 amide bonds. The Morgan fingerprint density at radius 3 is 1.67 bits per heavy atom. The highest BCUT2D eigenvalue weighted by molar-refractivity contribution is 4.99. The third-order valence-electron chi connectivity index (χ3n) is 9.14. The fourth-order valence-corrected chi connectivity index (χ4v) is 7.23. The molecule has 2 aliphatic carbocycles. The lowest BCUT2D eigenvalue weighted by Crippen LogP contribution is -2.43. The second kappa shape index (κ2) is 7.31. The summed E-state index contributed by atoms with van der Waals surface area (Å²) < 4.78 is 0. The van der Waals surface area contributed by atoms with Crippen LogP contribution in [0.25, 0.3) is 0 Å². The Morgan fingerprint density at radius 1 is 0.630 bits per heavy atom. The molecule has 4 aliphatic rings. The van der Waals surface area contributed by atoms with Crippen LogP contribution in [0.3, 0.4) is 0 Å². The fraction of sp³-hybridized carbons (Fsp3) is 1.00. The Kier molecular flexibility index (Phi) is 5.47. The Labute approximate surface area is 169 Å². The molecule has 0 aromatic carbocycles. The summed E-state index contributed by atoms with van der Waals surface area (Å²) in [5.74, 6) is 5.09. The monoisotopic (exact) mass is 374 g/mol. The number of rotatable bonds is 2. The van der Waals surface area contributed by atoms with E-state index in [9.17, 15) is 0 Å². The molecule has 4 fully saturated rings. The zero-order chi connectivity index (χ0) is 19.4. The first-order valence-electron chi connectivity index (χ1n) is 12.1. The van der Waals surface area contributed by atoms with Gasteiger partial charge >= 0.3 is 0 Å². The summed E-state index contributed by atoms with van der Waals surface area (Å²) in [6, 6.07) is 0.927. The molecule has 0 aromatic heterocycles. The zero-order valence-electron chi connectivity index (χ0n) is 19.1. The average molecular weight is 375 g/mol. The predicted molar refractivity (Wildman–Crippen MR) is 116 cm³/mol. The van der Waals surface area contributed by atoms with Crippen molar-refractivity contribution in [2.75, 3.05) is 26.2 Å². The molecule has 156 valence electrons. The number of likely N-dealkylation sites (tertiary alicyclic amines) is 2. The quantitative estimate of drug-likeness (QED) is 0.614. The van der Waals surface area contributed by atoms with Crippen molar-refractivity contribution in [3.8, 4) is 0 Å². The highest BCUT2D eigenvalue weighted by Crippen LogP contribution is 2.52. The second-order valence-corrected chi connectivity index (χ2v) is 12.7. The van der Waals surface area contributed by atoms with Crippen LogP contribution in [0.15, 0.2) is 0 Å². The molecule has 0 aromatic rings. The van der Waals surface area contributed by atoms with E-state index in [0.29, 0.717) is 11.0 Å². The fourth-order valence-electron chi connectivity index (χ4n) is 7.23. The lowest BCUT2D eigenvalue weighted by atomic mass is 9.75. The summed E-state index contributed by atoms with van der Waals surface area (Å²) in [4.78, 5) is 5.64. The van der Waals surface area contributed by atoms with Gasteiger partial charge in [0.05, 0.1) is 0 Å². The van der Waals surface area contributed by atoms with Gasteiger partial charge in [-0.1, -0.05) is 20.8 Å². The van der Waals surface area contributed by atoms with Crippen molar-refractivity contribution in [3.05, 3.63) is 0 Å². The smallest absolute Gasteiger partial charge is 0.0125 e. The first-order valence-corrected chi connectivity index (χ1v) is 12.1. The van der Waals surface area contributed by atoms with E-state index in [2.05, 4.69) is 51.3 Å². The standard InChI is InChI=1S/C25H46N2/c1-24(2,3)22-8-10-26(11-9-22)23-15-20-13-19(14-21(20)16-23)18-7-12-27(17-18)25(4,5)6/h18-23H,7-17H2,1-6H3/t18?,19?,20-,21+,23?. The lowest BCUT2D eigenvalue weighted by Gasteiger charge is -2.41. The van der Waals surface area contributed by atoms with Crippen LogP contribution in [0.1, 0.15) is 86.5 Å². The largest absolute Gasteiger partial charge is 0.300 e. The first kappa shape index (κ1) is 20.2. The maximum atomic E-state index is 2.90. The van der Waals surface area contributed by atoms with Crippen molar-refractivity contribution in [3.63, 3.8) is 0 Å². The van der Waals surface area contributed by atoms with Gasteiger partial charge in [-0.05, 0) is 120 Å². The molecule has 2 nitrogen and oxygen atoms in total. The molecule has 2 saturated heterocycles. The van der Waals surface area contributed by atoms with Gasteiger partial charge in [-0.3, -0.25) is 4.90 Å². The molecule has 4 rings (SSSR count). The summed E-state index contributed by atoms with van der Waals surface area (Å²) in [6.45, 7) is 20.0. The van der Waals surface area contributed by atoms with Crippen molar-refractivity contribution in [2.24, 2.45) is 35.0 Å². The Hall–Kier alpha value is -0.0800. The first-order chi connectivity index (χ1) is 12.6. The van der Waals surface area contributed by atoms with Crippen LogP contribution in [0.5, 0.6) is 0 Å². The van der Waals surface area contributed by atoms with E-state index in [1.165, 1.54) is 58.3 Å². The van der Waals surface area contributed by atoms with Gasteiger partial charge < -0.3 is 4.90 Å². The minimum Gasteiger partial charge on any atom is -0.300 e. The van der Waals surface area contributed by atoms with Gasteiger partial charge in [0, 0.05) is 18.1 Å². The third kappa shape index (κ3) is 4.27. The van der Waals surface area contributed by atoms with Gasteiger partial charge in [-0.25, -0.2) is 0 Å². The van der Waals surface area contributed by atoms with Gasteiger partial charge in [-0.15, -0.1) is 0 Å². The van der Waals surface area contributed by atoms with Crippen molar-refractivity contribution in [2.45, 2.75) is 98.1 Å². The lowest BCUT2D eigenvalue weighted by molar-refractivity contribution is 0.0801. The van der Waals surface area contributed by atoms with Crippen LogP contribution in [-0.4, -0.2) is 47.6 Å². The van der Waals surface area contributed by atoms with Gasteiger partial charge in [0.2, 0.25) is 0 Å². The number of hydrogen-bond acceptors (Lipinski definition) is 2. The molecular weight excluding hydrogens is 328 g/mol. The van der Waals surface area contributed by atoms with E-state index < -0.39 is 0 Å². The maximum absolute atomic E-state index is 2.90. The molecule has 2 heterocycles. The van der Waals surface area contributed by atoms with Gasteiger partial charge in [0.25, 0.3) is 0 Å². The van der Waals surface area contributed by atoms with Crippen LogP contribution < -0.4 is 0 Å². The highest BCUT2D eigenvalue weighted by atomic mass is 15.2. The number of nitrogens with zero attached hydrogens (tertiary/aromatic N) is 2. The molecule has 2 heteroatoms. The van der Waals surface area contributed by atoms with Gasteiger partial charge in [0.15, 0.2) is 0 Å². The topological polar surface area (TPSA) is 6.48 Å². The highest BCUT2D eigenvalue weighted by Gasteiger charge is 2.47. The molecule has 0 bridgehead atoms. The van der Waals surface area contributed by atoms with Crippen molar-refractivity contribution in [1.82, 2.24) is 9.80 Å². The Bertz CT molecular complexity index is 491. The molecule has 2 saturated carbocycles. The predicted octanol–water partition coefficient (Wildman–Crippen LogP) is 5.67. The Balaban J connectivity index is 1.25. The molecule has 2 aliphatic heterocycles. The van der Waals surface area contributed by atoms with Crippen molar-refractivity contribution in [1.29, 1.82) is 0 Å². The van der Waals surface area contributed by atoms with Crippen molar-refractivity contribution < 1.29 is 0 Å². The number of fused-ring (bicyclic) bond motifs is 1. The summed E-state index contributed by atoms with van der Waals surface area (Å²) >= 11 is 0. The zero-order valence-corrected chi connectivity index (χ0v) is 19.1. The van der Waals surface area contributed by atoms with Crippen LogP contribution in [0, 0.1) is 35.0 Å². The average Bonchev–Trinajstić information content (AvgIpc) is 3.27. The van der Waals surface area contributed by atoms with Crippen LogP contribution in [-0.2, 0) is 0 Å². The van der Waals surface area contributed by atoms with E-state index in [1.54, 1.807) is 12.8 Å². The third-order valence-corrected chi connectivity index (χ3v) is 9.14.